The Morgan fingerprint density at radius 3 is 2.86 bits per heavy atom. The first-order chi connectivity index (χ1) is 17.1. The van der Waals surface area contributed by atoms with Crippen LogP contribution in [0.2, 0.25) is 0 Å². The molecule has 1 aliphatic carbocycles. The van der Waals surface area contributed by atoms with Gasteiger partial charge in [0.15, 0.2) is 0 Å². The topological polar surface area (TPSA) is 75.5 Å². The predicted octanol–water partition coefficient (Wildman–Crippen LogP) is 5.16. The number of allylic oxidation sites excluding steroid dienone is 3. The van der Waals surface area contributed by atoms with Gasteiger partial charge in [-0.25, -0.2) is 0 Å². The van der Waals surface area contributed by atoms with Gasteiger partial charge in [0.05, 0.1) is 17.7 Å². The molecular formula is C29H31N3O3. The maximum absolute atomic E-state index is 13.1. The Bertz CT molecular complexity index is 1420. The second kappa shape index (κ2) is 8.11. The molecular weight excluding hydrogens is 438 g/mol. The van der Waals surface area contributed by atoms with Crippen LogP contribution in [-0.4, -0.2) is 28.4 Å². The van der Waals surface area contributed by atoms with Gasteiger partial charge in [-0.05, 0) is 30.2 Å². The van der Waals surface area contributed by atoms with Gasteiger partial charge in [-0.2, -0.15) is 0 Å². The van der Waals surface area contributed by atoms with Gasteiger partial charge in [0.25, 0.3) is 5.91 Å². The van der Waals surface area contributed by atoms with Crippen LogP contribution in [0.15, 0.2) is 48.6 Å². The van der Waals surface area contributed by atoms with Crippen LogP contribution in [0.1, 0.15) is 54.4 Å². The molecule has 1 fully saturated rings. The van der Waals surface area contributed by atoms with Gasteiger partial charge in [0.1, 0.15) is 12.0 Å². The van der Waals surface area contributed by atoms with Crippen molar-refractivity contribution in [3.8, 4) is 11.1 Å². The fraction of sp³-hybridized carbons (Fsp3) is 0.345. The lowest BCUT2D eigenvalue weighted by molar-refractivity contribution is -0.103. The Hall–Kier alpha value is -3.35. The van der Waals surface area contributed by atoms with Gasteiger partial charge < -0.3 is 25.0 Å². The van der Waals surface area contributed by atoms with Crippen LogP contribution in [0.25, 0.3) is 28.1 Å². The number of hydrogen-bond donors (Lipinski definition) is 3. The van der Waals surface area contributed by atoms with E-state index >= 15 is 0 Å². The van der Waals surface area contributed by atoms with Crippen LogP contribution in [-0.2, 0) is 23.4 Å². The number of hydrogen-bond acceptors (Lipinski definition) is 4. The van der Waals surface area contributed by atoms with E-state index in [2.05, 4.69) is 58.6 Å². The zero-order valence-electron chi connectivity index (χ0n) is 20.4. The molecule has 3 aliphatic heterocycles. The second-order valence-corrected chi connectivity index (χ2v) is 9.51. The molecule has 4 aliphatic rings. The Kier molecular flexibility index (Phi) is 5.13. The lowest BCUT2D eigenvalue weighted by Gasteiger charge is -2.35. The summed E-state index contributed by atoms with van der Waals surface area (Å²) in [7, 11) is 0. The van der Waals surface area contributed by atoms with Crippen LogP contribution in [0, 0.1) is 5.92 Å². The number of fused-ring (bicyclic) bond motifs is 12. The van der Waals surface area contributed by atoms with E-state index in [1.165, 1.54) is 0 Å². The molecule has 0 saturated carbocycles. The Labute approximate surface area is 205 Å². The lowest BCUT2D eigenvalue weighted by atomic mass is 9.91. The van der Waals surface area contributed by atoms with E-state index in [9.17, 15) is 9.90 Å². The number of carbonyl (C=O) groups is 1. The van der Waals surface area contributed by atoms with Crippen molar-refractivity contribution >= 4 is 28.6 Å². The van der Waals surface area contributed by atoms with Gasteiger partial charge in [-0.3, -0.25) is 4.79 Å². The average molecular weight is 470 g/mol. The maximum atomic E-state index is 13.1. The van der Waals surface area contributed by atoms with E-state index in [1.807, 2.05) is 32.0 Å². The van der Waals surface area contributed by atoms with E-state index in [4.69, 9.17) is 4.74 Å². The highest BCUT2D eigenvalue weighted by molar-refractivity contribution is 6.13. The van der Waals surface area contributed by atoms with Crippen molar-refractivity contribution in [1.29, 1.82) is 0 Å². The number of aromatic nitrogens is 1. The van der Waals surface area contributed by atoms with Gasteiger partial charge >= 0.3 is 0 Å². The molecule has 0 radical (unpaired) electrons. The molecule has 6 heteroatoms. The quantitative estimate of drug-likeness (QED) is 0.460. The summed E-state index contributed by atoms with van der Waals surface area (Å²) in [6.45, 7) is 6.64. The zero-order valence-corrected chi connectivity index (χ0v) is 20.4. The minimum Gasteiger partial charge on any atom is -0.396 e. The van der Waals surface area contributed by atoms with Gasteiger partial charge in [0, 0.05) is 53.2 Å². The van der Waals surface area contributed by atoms with Gasteiger partial charge in [-0.15, -0.1) is 0 Å². The maximum Gasteiger partial charge on any atom is 0.252 e. The molecule has 3 aromatic rings. The monoisotopic (exact) mass is 469 g/mol. The molecule has 1 aromatic heterocycles. The van der Waals surface area contributed by atoms with Crippen LogP contribution in [0.3, 0.4) is 0 Å². The number of carbonyl (C=O) groups excluding carboxylic acids is 1. The molecule has 35 heavy (non-hydrogen) atoms. The van der Waals surface area contributed by atoms with Crippen molar-refractivity contribution in [3.05, 3.63) is 70.9 Å². The highest BCUT2D eigenvalue weighted by Gasteiger charge is 2.49. The van der Waals surface area contributed by atoms with Crippen molar-refractivity contribution in [2.24, 2.45) is 5.92 Å². The molecule has 4 bridgehead atoms. The standard InChI is InChI=1S/C27H25N3O3.C2H6/c1-27-15(14-31)11-23(33-27)29-20-9-6-5-7-16(20)18-12-22-24(19-13-28-26(32)25(18)19)17-8-3-2-4-10-21(17)30(22)27;1-2/h2-9,12,15,23,29,31H,10-11,13-14H2,1H3,(H,28,32);1-2H3. The first-order valence-corrected chi connectivity index (χ1v) is 12.6. The Balaban J connectivity index is 0.00000112. The van der Waals surface area contributed by atoms with Gasteiger partial charge in [0.2, 0.25) is 0 Å². The number of aliphatic hydroxyl groups is 1. The summed E-state index contributed by atoms with van der Waals surface area (Å²) >= 11 is 0. The number of nitrogens with zero attached hydrogens (tertiary/aromatic N) is 1. The van der Waals surface area contributed by atoms with Crippen molar-refractivity contribution < 1.29 is 14.6 Å². The summed E-state index contributed by atoms with van der Waals surface area (Å²) in [6.07, 6.45) is 9.65. The summed E-state index contributed by atoms with van der Waals surface area (Å²) in [4.78, 5) is 13.1. The number of rotatable bonds is 1. The normalized spacial score (nSPS) is 25.2. The SMILES string of the molecule is CC.CC12OC(CC1CO)Nc1ccccc1-c1cc3c(c4c(n32)CC=CC=C4)c2c1C(=O)NC2. The van der Waals surface area contributed by atoms with Crippen LogP contribution in [0.5, 0.6) is 0 Å². The summed E-state index contributed by atoms with van der Waals surface area (Å²) in [5, 5.41) is 18.2. The van der Waals surface area contributed by atoms with Crippen LogP contribution >= 0.6 is 0 Å². The molecule has 3 N–H and O–H groups in total. The minimum atomic E-state index is -0.724. The third kappa shape index (κ3) is 3.00. The highest BCUT2D eigenvalue weighted by Crippen LogP contribution is 2.49. The molecule has 180 valence electrons. The third-order valence-electron chi connectivity index (χ3n) is 7.81. The summed E-state index contributed by atoms with van der Waals surface area (Å²) < 4.78 is 9.05. The fourth-order valence-corrected chi connectivity index (χ4v) is 6.31. The number of amides is 1. The number of nitrogens with one attached hydrogen (secondary N) is 2. The average Bonchev–Trinajstić information content (AvgIpc) is 3.44. The van der Waals surface area contributed by atoms with E-state index in [0.717, 1.165) is 56.5 Å². The molecule has 3 atom stereocenters. The van der Waals surface area contributed by atoms with Crippen LogP contribution in [0.4, 0.5) is 5.69 Å². The fourth-order valence-electron chi connectivity index (χ4n) is 6.31. The third-order valence-corrected chi connectivity index (χ3v) is 7.81. The first-order valence-electron chi connectivity index (χ1n) is 12.6. The van der Waals surface area contributed by atoms with Crippen molar-refractivity contribution in [3.63, 3.8) is 0 Å². The zero-order chi connectivity index (χ0) is 24.3. The molecule has 0 spiro atoms. The van der Waals surface area contributed by atoms with E-state index < -0.39 is 5.72 Å². The summed E-state index contributed by atoms with van der Waals surface area (Å²) in [6, 6.07) is 10.3. The number of aliphatic hydroxyl groups excluding tert-OH is 1. The second-order valence-electron chi connectivity index (χ2n) is 9.51. The predicted molar refractivity (Wildman–Crippen MR) is 139 cm³/mol. The highest BCUT2D eigenvalue weighted by atomic mass is 16.5. The molecule has 1 amide bonds. The smallest absolute Gasteiger partial charge is 0.252 e. The summed E-state index contributed by atoms with van der Waals surface area (Å²) in [5.41, 5.74) is 7.31. The number of para-hydroxylation sites is 1. The largest absolute Gasteiger partial charge is 0.396 e. The first kappa shape index (κ1) is 22.1. The molecule has 4 heterocycles. The Morgan fingerprint density at radius 2 is 2.03 bits per heavy atom. The summed E-state index contributed by atoms with van der Waals surface area (Å²) in [5.74, 6) is -0.0997. The van der Waals surface area contributed by atoms with E-state index in [1.54, 1.807) is 0 Å². The lowest BCUT2D eigenvalue weighted by Crippen LogP contribution is -2.39. The van der Waals surface area contributed by atoms with Gasteiger partial charge in [-0.1, -0.05) is 56.4 Å². The van der Waals surface area contributed by atoms with E-state index in [-0.39, 0.29) is 24.7 Å². The van der Waals surface area contributed by atoms with Crippen molar-refractivity contribution in [2.45, 2.75) is 52.1 Å². The van der Waals surface area contributed by atoms with Crippen molar-refractivity contribution in [2.75, 3.05) is 11.9 Å². The molecule has 1 saturated heterocycles. The molecule has 3 unspecified atom stereocenters. The molecule has 2 aromatic carbocycles. The Morgan fingerprint density at radius 1 is 1.20 bits per heavy atom. The van der Waals surface area contributed by atoms with Crippen molar-refractivity contribution in [1.82, 2.24) is 9.88 Å². The number of anilines is 1. The molecule has 6 nitrogen and oxygen atoms in total. The minimum absolute atomic E-state index is 0.0235. The number of ether oxygens (including phenoxy) is 1. The molecule has 7 rings (SSSR count). The van der Waals surface area contributed by atoms with E-state index in [0.29, 0.717) is 13.0 Å². The van der Waals surface area contributed by atoms with Crippen LogP contribution < -0.4 is 10.6 Å². The number of benzene rings is 2.